The number of nitrogens with zero attached hydrogens (tertiary/aromatic N) is 1. The number of halogens is 1. The first-order valence-electron chi connectivity index (χ1n) is 8.24. The molecule has 0 N–H and O–H groups in total. The summed E-state index contributed by atoms with van der Waals surface area (Å²) in [6, 6.07) is 14.9. The summed E-state index contributed by atoms with van der Waals surface area (Å²) in [5, 5.41) is 0.783. The van der Waals surface area contributed by atoms with Gasteiger partial charge in [0.15, 0.2) is 0 Å². The zero-order chi connectivity index (χ0) is 16.4. The predicted octanol–water partition coefficient (Wildman–Crippen LogP) is 4.92. The van der Waals surface area contributed by atoms with E-state index in [1.54, 1.807) is 0 Å². The molecule has 1 aliphatic heterocycles. The van der Waals surface area contributed by atoms with Gasteiger partial charge in [0.05, 0.1) is 12.2 Å². The average Bonchev–Trinajstić information content (AvgIpc) is 2.49. The van der Waals surface area contributed by atoms with Gasteiger partial charge >= 0.3 is 0 Å². The molecule has 0 aliphatic carbocycles. The molecule has 1 aliphatic rings. The second-order valence-corrected chi connectivity index (χ2v) is 7.04. The molecule has 23 heavy (non-hydrogen) atoms. The van der Waals surface area contributed by atoms with Crippen molar-refractivity contribution >= 4 is 11.6 Å². The predicted molar refractivity (Wildman–Crippen MR) is 96.9 cm³/mol. The lowest BCUT2D eigenvalue weighted by molar-refractivity contribution is -0.0704. The fraction of sp³-hybridized carbons (Fsp3) is 0.400. The number of ether oxygens (including phenoxy) is 1. The monoisotopic (exact) mass is 329 g/mol. The summed E-state index contributed by atoms with van der Waals surface area (Å²) < 4.78 is 5.80. The molecule has 0 bridgehead atoms. The Bertz CT molecular complexity index is 658. The average molecular weight is 330 g/mol. The van der Waals surface area contributed by atoms with Crippen LogP contribution in [0.25, 0.3) is 11.1 Å². The Hall–Kier alpha value is -1.35. The van der Waals surface area contributed by atoms with Crippen LogP contribution in [-0.2, 0) is 11.3 Å². The summed E-state index contributed by atoms with van der Waals surface area (Å²) in [5.41, 5.74) is 5.02. The highest BCUT2D eigenvalue weighted by Gasteiger charge is 2.21. The van der Waals surface area contributed by atoms with Gasteiger partial charge in [-0.3, -0.25) is 4.90 Å². The van der Waals surface area contributed by atoms with Crippen LogP contribution in [0.5, 0.6) is 0 Å². The van der Waals surface area contributed by atoms with Crippen LogP contribution in [0.3, 0.4) is 0 Å². The summed E-state index contributed by atoms with van der Waals surface area (Å²) in [5.74, 6) is 0. The highest BCUT2D eigenvalue weighted by Crippen LogP contribution is 2.27. The normalized spacial score (nSPS) is 22.3. The lowest BCUT2D eigenvalue weighted by Gasteiger charge is -2.35. The van der Waals surface area contributed by atoms with Gasteiger partial charge < -0.3 is 4.74 Å². The first-order valence-corrected chi connectivity index (χ1v) is 8.62. The van der Waals surface area contributed by atoms with Gasteiger partial charge in [0.2, 0.25) is 0 Å². The molecule has 2 nitrogen and oxygen atoms in total. The zero-order valence-electron chi connectivity index (χ0n) is 14.1. The maximum Gasteiger partial charge on any atom is 0.0678 e. The molecule has 1 fully saturated rings. The largest absolute Gasteiger partial charge is 0.373 e. The molecule has 2 aromatic carbocycles. The molecule has 0 unspecified atom stereocenters. The van der Waals surface area contributed by atoms with Crippen molar-refractivity contribution in [2.24, 2.45) is 0 Å². The number of hydrogen-bond acceptors (Lipinski definition) is 2. The minimum Gasteiger partial charge on any atom is -0.373 e. The standard InChI is InChI=1S/C20H24ClNO/c1-14-4-9-19(21)10-20(14)18-7-5-17(6-8-18)13-22-11-15(2)23-16(3)12-22/h4-10,15-16H,11-13H2,1-3H3/t15-,16-/m1/s1. The molecule has 3 rings (SSSR count). The van der Waals surface area contributed by atoms with Crippen LogP contribution < -0.4 is 0 Å². The second-order valence-electron chi connectivity index (χ2n) is 6.61. The molecule has 1 saturated heterocycles. The maximum absolute atomic E-state index is 6.14. The van der Waals surface area contributed by atoms with Crippen LogP contribution in [0, 0.1) is 6.92 Å². The van der Waals surface area contributed by atoms with Crippen molar-refractivity contribution in [1.29, 1.82) is 0 Å². The first-order chi connectivity index (χ1) is 11.0. The molecule has 0 radical (unpaired) electrons. The van der Waals surface area contributed by atoms with Crippen molar-refractivity contribution in [3.8, 4) is 11.1 Å². The van der Waals surface area contributed by atoms with Gasteiger partial charge in [0.1, 0.15) is 0 Å². The topological polar surface area (TPSA) is 12.5 Å². The number of rotatable bonds is 3. The molecule has 1 heterocycles. The van der Waals surface area contributed by atoms with Crippen LogP contribution in [0.4, 0.5) is 0 Å². The van der Waals surface area contributed by atoms with E-state index in [-0.39, 0.29) is 0 Å². The van der Waals surface area contributed by atoms with E-state index in [4.69, 9.17) is 16.3 Å². The lowest BCUT2D eigenvalue weighted by Crippen LogP contribution is -2.44. The second kappa shape index (κ2) is 7.04. The van der Waals surface area contributed by atoms with E-state index < -0.39 is 0 Å². The van der Waals surface area contributed by atoms with Gasteiger partial charge in [-0.05, 0) is 55.2 Å². The van der Waals surface area contributed by atoms with Crippen LogP contribution in [0.1, 0.15) is 25.0 Å². The third-order valence-electron chi connectivity index (χ3n) is 4.37. The number of morpholine rings is 1. The third-order valence-corrected chi connectivity index (χ3v) is 4.60. The molecule has 0 saturated carbocycles. The quantitative estimate of drug-likeness (QED) is 0.792. The molecule has 122 valence electrons. The van der Waals surface area contributed by atoms with Crippen LogP contribution >= 0.6 is 11.6 Å². The van der Waals surface area contributed by atoms with Gasteiger partial charge in [0, 0.05) is 24.7 Å². The summed E-state index contributed by atoms with van der Waals surface area (Å²) >= 11 is 6.14. The van der Waals surface area contributed by atoms with Crippen molar-refractivity contribution in [2.45, 2.75) is 39.5 Å². The Morgan fingerprint density at radius 2 is 1.70 bits per heavy atom. The van der Waals surface area contributed by atoms with E-state index in [2.05, 4.69) is 56.0 Å². The Morgan fingerprint density at radius 1 is 1.04 bits per heavy atom. The van der Waals surface area contributed by atoms with Crippen LogP contribution in [0.15, 0.2) is 42.5 Å². The van der Waals surface area contributed by atoms with Gasteiger partial charge in [-0.25, -0.2) is 0 Å². The van der Waals surface area contributed by atoms with Gasteiger partial charge in [0.25, 0.3) is 0 Å². The Kier molecular flexibility index (Phi) is 5.05. The summed E-state index contributed by atoms with van der Waals surface area (Å²) in [6.07, 6.45) is 0.624. The van der Waals surface area contributed by atoms with Gasteiger partial charge in [-0.1, -0.05) is 41.9 Å². The van der Waals surface area contributed by atoms with E-state index in [0.717, 1.165) is 24.7 Å². The SMILES string of the molecule is Cc1ccc(Cl)cc1-c1ccc(CN2C[C@@H](C)O[C@H](C)C2)cc1. The van der Waals surface area contributed by atoms with Crippen molar-refractivity contribution in [3.05, 3.63) is 58.6 Å². The fourth-order valence-corrected chi connectivity index (χ4v) is 3.54. The number of benzene rings is 2. The summed E-state index contributed by atoms with van der Waals surface area (Å²) in [4.78, 5) is 2.47. The molecule has 0 spiro atoms. The fourth-order valence-electron chi connectivity index (χ4n) is 3.37. The molecule has 0 aromatic heterocycles. The first kappa shape index (κ1) is 16.5. The van der Waals surface area contributed by atoms with E-state index >= 15 is 0 Å². The van der Waals surface area contributed by atoms with Crippen LogP contribution in [-0.4, -0.2) is 30.2 Å². The summed E-state index contributed by atoms with van der Waals surface area (Å²) in [7, 11) is 0. The molecule has 2 aromatic rings. The smallest absolute Gasteiger partial charge is 0.0678 e. The highest BCUT2D eigenvalue weighted by molar-refractivity contribution is 6.30. The lowest BCUT2D eigenvalue weighted by atomic mass is 9.99. The third kappa shape index (κ3) is 4.14. The summed E-state index contributed by atoms with van der Waals surface area (Å²) in [6.45, 7) is 9.39. The maximum atomic E-state index is 6.14. The molecule has 3 heteroatoms. The number of aryl methyl sites for hydroxylation is 1. The minimum absolute atomic E-state index is 0.312. The van der Waals surface area contributed by atoms with Crippen molar-refractivity contribution in [2.75, 3.05) is 13.1 Å². The Labute approximate surface area is 144 Å². The van der Waals surface area contributed by atoms with Crippen molar-refractivity contribution in [3.63, 3.8) is 0 Å². The highest BCUT2D eigenvalue weighted by atomic mass is 35.5. The molecule has 2 atom stereocenters. The van der Waals surface area contributed by atoms with E-state index in [9.17, 15) is 0 Å². The molecular formula is C20H24ClNO. The van der Waals surface area contributed by atoms with E-state index in [1.807, 2.05) is 12.1 Å². The van der Waals surface area contributed by atoms with E-state index in [0.29, 0.717) is 12.2 Å². The van der Waals surface area contributed by atoms with Crippen LogP contribution in [0.2, 0.25) is 5.02 Å². The zero-order valence-corrected chi connectivity index (χ0v) is 14.8. The van der Waals surface area contributed by atoms with Gasteiger partial charge in [-0.2, -0.15) is 0 Å². The van der Waals surface area contributed by atoms with E-state index in [1.165, 1.54) is 22.3 Å². The Balaban J connectivity index is 1.73. The molecule has 0 amide bonds. The van der Waals surface area contributed by atoms with Crippen molar-refractivity contribution in [1.82, 2.24) is 4.90 Å². The van der Waals surface area contributed by atoms with Gasteiger partial charge in [-0.15, -0.1) is 0 Å². The van der Waals surface area contributed by atoms with Crippen molar-refractivity contribution < 1.29 is 4.74 Å². The molecular weight excluding hydrogens is 306 g/mol. The minimum atomic E-state index is 0.312. The Morgan fingerprint density at radius 3 is 2.35 bits per heavy atom. The number of hydrogen-bond donors (Lipinski definition) is 0.